The fourth-order valence-electron chi connectivity index (χ4n) is 2.09. The fraction of sp³-hybridized carbons (Fsp3) is 0.133. The second kappa shape index (κ2) is 5.24. The molecule has 2 N–H and O–H groups in total. The number of nitrogens with zero attached hydrogens (tertiary/aromatic N) is 2. The summed E-state index contributed by atoms with van der Waals surface area (Å²) in [7, 11) is 0. The number of carbonyl (C=O) groups is 1. The first-order valence-electron chi connectivity index (χ1n) is 6.50. The summed E-state index contributed by atoms with van der Waals surface area (Å²) < 4.78 is 5.57. The third kappa shape index (κ3) is 2.43. The first kappa shape index (κ1) is 13.1. The minimum absolute atomic E-state index is 0.121. The van der Waals surface area contributed by atoms with Crippen molar-refractivity contribution in [2.24, 2.45) is 0 Å². The first-order valence-corrected chi connectivity index (χ1v) is 6.50. The lowest BCUT2D eigenvalue weighted by molar-refractivity contribution is 0.0696. The number of carboxylic acids is 1. The topological polar surface area (TPSA) is 88.1 Å². The van der Waals surface area contributed by atoms with Gasteiger partial charge in [0.1, 0.15) is 11.6 Å². The molecule has 6 nitrogen and oxygen atoms in total. The van der Waals surface area contributed by atoms with Gasteiger partial charge in [-0.1, -0.05) is 12.1 Å². The van der Waals surface area contributed by atoms with Crippen molar-refractivity contribution in [1.29, 1.82) is 0 Å². The molecule has 0 saturated carbocycles. The number of aromatic nitrogens is 3. The van der Waals surface area contributed by atoms with Gasteiger partial charge in [0.2, 0.25) is 0 Å². The Hall–Kier alpha value is -2.89. The molecule has 0 amide bonds. The molecule has 6 heteroatoms. The minimum atomic E-state index is -1.02. The van der Waals surface area contributed by atoms with Gasteiger partial charge in [0.15, 0.2) is 5.65 Å². The van der Waals surface area contributed by atoms with E-state index >= 15 is 0 Å². The lowest BCUT2D eigenvalue weighted by Gasteiger charge is -2.07. The highest BCUT2D eigenvalue weighted by atomic mass is 16.5. The van der Waals surface area contributed by atoms with Gasteiger partial charge in [-0.3, -0.25) is 0 Å². The number of hydrogen-bond acceptors (Lipinski definition) is 4. The maximum Gasteiger partial charge on any atom is 0.337 e. The number of ether oxygens (including phenoxy) is 1. The summed E-state index contributed by atoms with van der Waals surface area (Å²) in [5.41, 5.74) is 1.99. The van der Waals surface area contributed by atoms with Crippen molar-refractivity contribution in [2.45, 2.75) is 6.92 Å². The van der Waals surface area contributed by atoms with E-state index in [1.165, 1.54) is 12.3 Å². The third-order valence-electron chi connectivity index (χ3n) is 3.03. The number of pyridine rings is 1. The summed E-state index contributed by atoms with van der Waals surface area (Å²) in [6.45, 7) is 2.47. The molecule has 0 fully saturated rings. The summed E-state index contributed by atoms with van der Waals surface area (Å²) >= 11 is 0. The Kier molecular flexibility index (Phi) is 3.27. The van der Waals surface area contributed by atoms with Gasteiger partial charge in [0.25, 0.3) is 0 Å². The van der Waals surface area contributed by atoms with E-state index in [0.29, 0.717) is 23.6 Å². The molecule has 2 aromatic heterocycles. The van der Waals surface area contributed by atoms with Gasteiger partial charge in [0.05, 0.1) is 23.3 Å². The number of aromatic carboxylic acids is 1. The number of nitrogens with one attached hydrogen (secondary N) is 1. The lowest BCUT2D eigenvalue weighted by Crippen LogP contribution is -1.96. The van der Waals surface area contributed by atoms with E-state index in [1.54, 1.807) is 0 Å². The van der Waals surface area contributed by atoms with Crippen LogP contribution < -0.4 is 4.74 Å². The van der Waals surface area contributed by atoms with E-state index in [9.17, 15) is 4.79 Å². The number of rotatable bonds is 4. The van der Waals surface area contributed by atoms with Crippen LogP contribution in [0.4, 0.5) is 0 Å². The Labute approximate surface area is 120 Å². The summed E-state index contributed by atoms with van der Waals surface area (Å²) in [6, 6.07) is 9.05. The molecule has 2 heterocycles. The number of benzene rings is 1. The van der Waals surface area contributed by atoms with Crippen molar-refractivity contribution in [2.75, 3.05) is 6.61 Å². The van der Waals surface area contributed by atoms with Gasteiger partial charge in [-0.05, 0) is 25.1 Å². The molecule has 3 aromatic rings. The molecule has 0 aliphatic carbocycles. The summed E-state index contributed by atoms with van der Waals surface area (Å²) in [5.74, 6) is 0.303. The van der Waals surface area contributed by atoms with Crippen LogP contribution in [-0.4, -0.2) is 32.6 Å². The zero-order valence-electron chi connectivity index (χ0n) is 11.3. The van der Waals surface area contributed by atoms with Crippen molar-refractivity contribution < 1.29 is 14.6 Å². The van der Waals surface area contributed by atoms with E-state index in [2.05, 4.69) is 15.0 Å². The van der Waals surface area contributed by atoms with Crippen LogP contribution in [-0.2, 0) is 0 Å². The van der Waals surface area contributed by atoms with Crippen molar-refractivity contribution in [3.63, 3.8) is 0 Å². The molecule has 0 aliphatic heterocycles. The Morgan fingerprint density at radius 2 is 2.19 bits per heavy atom. The lowest BCUT2D eigenvalue weighted by atomic mass is 10.2. The molecular weight excluding hydrogens is 270 g/mol. The highest BCUT2D eigenvalue weighted by molar-refractivity contribution is 5.91. The number of fused-ring (bicyclic) bond motifs is 1. The second-order valence-corrected chi connectivity index (χ2v) is 4.41. The van der Waals surface area contributed by atoms with Gasteiger partial charge in [-0.25, -0.2) is 14.8 Å². The van der Waals surface area contributed by atoms with Crippen molar-refractivity contribution in [3.05, 3.63) is 42.1 Å². The maximum absolute atomic E-state index is 11.0. The number of carboxylic acid groups (broad SMARTS) is 1. The average Bonchev–Trinajstić information content (AvgIpc) is 2.90. The molecule has 0 radical (unpaired) electrons. The summed E-state index contributed by atoms with van der Waals surface area (Å²) in [5, 5.41) is 8.99. The zero-order valence-corrected chi connectivity index (χ0v) is 11.3. The zero-order chi connectivity index (χ0) is 14.8. The minimum Gasteiger partial charge on any atom is -0.493 e. The quantitative estimate of drug-likeness (QED) is 0.768. The number of H-pyrrole nitrogens is 1. The van der Waals surface area contributed by atoms with Crippen molar-refractivity contribution >= 4 is 17.1 Å². The largest absolute Gasteiger partial charge is 0.493 e. The van der Waals surface area contributed by atoms with Gasteiger partial charge < -0.3 is 14.8 Å². The number of hydrogen-bond donors (Lipinski definition) is 2. The van der Waals surface area contributed by atoms with Crippen LogP contribution >= 0.6 is 0 Å². The van der Waals surface area contributed by atoms with Crippen LogP contribution in [0.5, 0.6) is 5.75 Å². The van der Waals surface area contributed by atoms with E-state index in [0.717, 1.165) is 11.3 Å². The van der Waals surface area contributed by atoms with Crippen LogP contribution in [0.15, 0.2) is 36.5 Å². The monoisotopic (exact) mass is 283 g/mol. The van der Waals surface area contributed by atoms with E-state index in [1.807, 2.05) is 31.2 Å². The van der Waals surface area contributed by atoms with E-state index in [-0.39, 0.29) is 5.56 Å². The van der Waals surface area contributed by atoms with Gasteiger partial charge >= 0.3 is 5.97 Å². The molecular formula is C15H13N3O3. The molecule has 106 valence electrons. The highest BCUT2D eigenvalue weighted by Crippen LogP contribution is 2.29. The van der Waals surface area contributed by atoms with E-state index < -0.39 is 5.97 Å². The van der Waals surface area contributed by atoms with Crippen LogP contribution in [0.25, 0.3) is 22.6 Å². The van der Waals surface area contributed by atoms with Crippen molar-refractivity contribution in [1.82, 2.24) is 15.0 Å². The summed E-state index contributed by atoms with van der Waals surface area (Å²) in [6.07, 6.45) is 1.30. The first-order chi connectivity index (χ1) is 10.2. The third-order valence-corrected chi connectivity index (χ3v) is 3.03. The highest BCUT2D eigenvalue weighted by Gasteiger charge is 2.12. The summed E-state index contributed by atoms with van der Waals surface area (Å²) in [4.78, 5) is 22.5. The molecule has 0 aliphatic rings. The molecule has 0 unspecified atom stereocenters. The maximum atomic E-state index is 11.0. The molecule has 21 heavy (non-hydrogen) atoms. The molecule has 3 rings (SSSR count). The molecule has 1 aromatic carbocycles. The average molecular weight is 283 g/mol. The Morgan fingerprint density at radius 3 is 2.95 bits per heavy atom. The van der Waals surface area contributed by atoms with Gasteiger partial charge in [-0.15, -0.1) is 0 Å². The smallest absolute Gasteiger partial charge is 0.337 e. The van der Waals surface area contributed by atoms with Gasteiger partial charge in [0, 0.05) is 6.20 Å². The standard InChI is InChI=1S/C15H13N3O3/c1-2-21-12-6-4-3-5-10(12)13-17-11-7-9(15(19)20)8-16-14(11)18-13/h3-8H,2H2,1H3,(H,19,20)(H,16,17,18). The molecule has 0 saturated heterocycles. The van der Waals surface area contributed by atoms with Gasteiger partial charge in [-0.2, -0.15) is 0 Å². The van der Waals surface area contributed by atoms with Crippen LogP contribution in [0.2, 0.25) is 0 Å². The number of para-hydroxylation sites is 1. The second-order valence-electron chi connectivity index (χ2n) is 4.41. The van der Waals surface area contributed by atoms with Crippen LogP contribution in [0.3, 0.4) is 0 Å². The predicted octanol–water partition coefficient (Wildman–Crippen LogP) is 2.72. The normalized spacial score (nSPS) is 10.7. The Morgan fingerprint density at radius 1 is 1.38 bits per heavy atom. The SMILES string of the molecule is CCOc1ccccc1-c1nc2ncc(C(=O)O)cc2[nH]1. The predicted molar refractivity (Wildman–Crippen MR) is 77.5 cm³/mol. The Bertz CT molecular complexity index is 811. The molecule has 0 bridgehead atoms. The Balaban J connectivity index is 2.11. The van der Waals surface area contributed by atoms with Crippen LogP contribution in [0, 0.1) is 0 Å². The van der Waals surface area contributed by atoms with Crippen molar-refractivity contribution in [3.8, 4) is 17.1 Å². The fourth-order valence-corrected chi connectivity index (χ4v) is 2.09. The van der Waals surface area contributed by atoms with Crippen LogP contribution in [0.1, 0.15) is 17.3 Å². The number of aromatic amines is 1. The molecule has 0 spiro atoms. The van der Waals surface area contributed by atoms with E-state index in [4.69, 9.17) is 9.84 Å². The number of imidazole rings is 1. The molecule has 0 atom stereocenters.